The molecule has 1 aliphatic carbocycles. The van der Waals surface area contributed by atoms with Crippen LogP contribution in [0.4, 0.5) is 0 Å². The van der Waals surface area contributed by atoms with Crippen LogP contribution in [0.15, 0.2) is 48.5 Å². The number of carbonyl (C=O) groups excluding carboxylic acids is 2. The number of hydrogen-bond donors (Lipinski definition) is 1. The van der Waals surface area contributed by atoms with Crippen molar-refractivity contribution in [3.05, 3.63) is 69.7 Å². The van der Waals surface area contributed by atoms with E-state index in [4.69, 9.17) is 28.0 Å². The third-order valence-corrected chi connectivity index (χ3v) is 15.0. The Kier molecular flexibility index (Phi) is 10.1. The molecule has 2 aliphatic rings. The monoisotopic (exact) mass is 682 g/mol. The molecule has 2 aromatic carbocycles. The van der Waals surface area contributed by atoms with Crippen LogP contribution in [-0.2, 0) is 29.2 Å². The number of carbonyl (C=O) groups is 2. The van der Waals surface area contributed by atoms with Gasteiger partial charge in [-0.15, -0.1) is 0 Å². The first-order chi connectivity index (χ1) is 20.3. The summed E-state index contributed by atoms with van der Waals surface area (Å²) in [6.45, 7) is 10.6. The van der Waals surface area contributed by atoms with E-state index in [9.17, 15) is 22.2 Å². The van der Waals surface area contributed by atoms with Crippen LogP contribution in [-0.4, -0.2) is 56.8 Å². The van der Waals surface area contributed by atoms with Crippen LogP contribution < -0.4 is 0 Å². The number of sulfone groups is 1. The van der Waals surface area contributed by atoms with Crippen LogP contribution in [0, 0.1) is 16.1 Å². The summed E-state index contributed by atoms with van der Waals surface area (Å²) in [7, 11) is -6.75. The molecule has 242 valence electrons. The summed E-state index contributed by atoms with van der Waals surface area (Å²) < 4.78 is 47.8. The van der Waals surface area contributed by atoms with Gasteiger partial charge in [-0.2, -0.15) is 0 Å². The molecule has 11 heteroatoms. The van der Waals surface area contributed by atoms with Gasteiger partial charge in [-0.1, -0.05) is 68.2 Å². The Morgan fingerprint density at radius 2 is 1.59 bits per heavy atom. The van der Waals surface area contributed by atoms with Crippen LogP contribution >= 0.6 is 23.2 Å². The van der Waals surface area contributed by atoms with Crippen molar-refractivity contribution in [2.75, 3.05) is 11.5 Å². The van der Waals surface area contributed by atoms with Crippen molar-refractivity contribution < 1.29 is 22.2 Å². The van der Waals surface area contributed by atoms with Crippen molar-refractivity contribution in [1.29, 1.82) is 4.78 Å². The zero-order valence-electron chi connectivity index (χ0n) is 26.3. The lowest BCUT2D eigenvalue weighted by Crippen LogP contribution is -2.59. The van der Waals surface area contributed by atoms with E-state index in [0.717, 1.165) is 11.1 Å². The van der Waals surface area contributed by atoms with Gasteiger partial charge in [-0.25, -0.2) is 12.6 Å². The molecule has 1 saturated heterocycles. The molecule has 1 unspecified atom stereocenters. The fourth-order valence-corrected chi connectivity index (χ4v) is 9.73. The number of hydrogen-bond acceptors (Lipinski definition) is 6. The molecule has 2 aromatic rings. The van der Waals surface area contributed by atoms with Gasteiger partial charge >= 0.3 is 0 Å². The number of piperidine rings is 1. The number of benzene rings is 2. The number of ketones is 1. The SMILES string of the molecule is CC(C)[C@@H](CS(=O)(=O)C(C)C)N1C(=O)[C@@](C)(CC(=O)CS(=N)(=O)C2(C)CC2)C[C@H](c2cccc(Cl)c2)[C@H]1c1ccc(Cl)cc1. The smallest absolute Gasteiger partial charge is 0.229 e. The summed E-state index contributed by atoms with van der Waals surface area (Å²) in [5.41, 5.74) is 0.420. The van der Waals surface area contributed by atoms with E-state index in [1.807, 2.05) is 44.2 Å². The number of Topliss-reactive ketones (excluding diaryl/α,β-unsaturated/α-hetero) is 1. The third-order valence-electron chi connectivity index (χ3n) is 9.54. The Bertz CT molecular complexity index is 1620. The molecule has 1 aliphatic heterocycles. The van der Waals surface area contributed by atoms with Gasteiger partial charge in [0, 0.05) is 28.4 Å². The second-order valence-corrected chi connectivity index (χ2v) is 19.9. The molecular formula is C33H44Cl2N2O5S2. The third kappa shape index (κ3) is 7.21. The van der Waals surface area contributed by atoms with Gasteiger partial charge in [0.05, 0.1) is 42.7 Å². The lowest BCUT2D eigenvalue weighted by Gasteiger charge is -2.53. The van der Waals surface area contributed by atoms with Crippen LogP contribution in [0.3, 0.4) is 0 Å². The number of nitrogens with zero attached hydrogens (tertiary/aromatic N) is 1. The Labute approximate surface area is 273 Å². The summed E-state index contributed by atoms with van der Waals surface area (Å²) in [4.78, 5) is 30.1. The molecule has 0 spiro atoms. The van der Waals surface area contributed by atoms with Crippen LogP contribution in [0.2, 0.25) is 10.0 Å². The van der Waals surface area contributed by atoms with E-state index in [1.54, 1.807) is 50.8 Å². The second-order valence-electron chi connectivity index (χ2n) is 13.8. The average molecular weight is 684 g/mol. The fourth-order valence-electron chi connectivity index (χ4n) is 6.33. The van der Waals surface area contributed by atoms with Gasteiger partial charge in [-0.05, 0) is 81.3 Å². The van der Waals surface area contributed by atoms with Gasteiger partial charge in [0.1, 0.15) is 5.78 Å². The van der Waals surface area contributed by atoms with Crippen molar-refractivity contribution in [3.63, 3.8) is 0 Å². The topological polar surface area (TPSA) is 112 Å². The average Bonchev–Trinajstić information content (AvgIpc) is 3.68. The molecule has 5 atom stereocenters. The Hall–Kier alpha value is -1.94. The Morgan fingerprint density at radius 3 is 2.11 bits per heavy atom. The standard InChI is InChI=1S/C33H44Cl2N2O5S2/c1-21(2)29(20-43(40,41)22(3)4)37-30(23-10-12-25(34)13-11-23)28(24-8-7-9-26(35)16-24)18-32(5,31(37)39)17-27(38)19-44(36,42)33(6)14-15-33/h7-13,16,21-22,28-30,36H,14-15,17-20H2,1-6H3/t28-,29-,30-,32+,44?/m1/s1. The van der Waals surface area contributed by atoms with Crippen LogP contribution in [0.25, 0.3) is 0 Å². The maximum absolute atomic E-state index is 14.9. The molecule has 1 saturated carbocycles. The minimum Gasteiger partial charge on any atom is -0.330 e. The van der Waals surface area contributed by atoms with Crippen LogP contribution in [0.5, 0.6) is 0 Å². The molecule has 7 nitrogen and oxygen atoms in total. The first kappa shape index (κ1) is 34.9. The van der Waals surface area contributed by atoms with Crippen molar-refractivity contribution in [3.8, 4) is 0 Å². The molecule has 1 heterocycles. The number of halogens is 2. The number of nitrogens with one attached hydrogen (secondary N) is 1. The second kappa shape index (κ2) is 12.7. The highest BCUT2D eigenvalue weighted by molar-refractivity contribution is 7.94. The Morgan fingerprint density at radius 1 is 0.977 bits per heavy atom. The number of amides is 1. The van der Waals surface area contributed by atoms with E-state index in [0.29, 0.717) is 22.9 Å². The molecule has 0 bridgehead atoms. The highest BCUT2D eigenvalue weighted by Crippen LogP contribution is 2.53. The largest absolute Gasteiger partial charge is 0.330 e. The summed E-state index contributed by atoms with van der Waals surface area (Å²) >= 11 is 12.7. The first-order valence-electron chi connectivity index (χ1n) is 15.1. The van der Waals surface area contributed by atoms with E-state index in [-0.39, 0.29) is 42.1 Å². The molecule has 1 amide bonds. The van der Waals surface area contributed by atoms with Crippen molar-refractivity contribution in [1.82, 2.24) is 4.90 Å². The molecule has 0 radical (unpaired) electrons. The summed E-state index contributed by atoms with van der Waals surface area (Å²) in [5.74, 6) is -1.93. The quantitative estimate of drug-likeness (QED) is 0.250. The zero-order valence-corrected chi connectivity index (χ0v) is 29.5. The summed E-state index contributed by atoms with van der Waals surface area (Å²) in [5, 5.41) is 0.416. The molecule has 44 heavy (non-hydrogen) atoms. The molecule has 0 aromatic heterocycles. The number of likely N-dealkylation sites (tertiary alicyclic amines) is 1. The van der Waals surface area contributed by atoms with Gasteiger partial charge in [0.2, 0.25) is 5.91 Å². The maximum atomic E-state index is 14.9. The number of rotatable bonds is 12. The van der Waals surface area contributed by atoms with Gasteiger partial charge in [-0.3, -0.25) is 14.4 Å². The predicted octanol–water partition coefficient (Wildman–Crippen LogP) is 7.46. The summed E-state index contributed by atoms with van der Waals surface area (Å²) in [6, 6.07) is 13.4. The molecular weight excluding hydrogens is 639 g/mol. The lowest BCUT2D eigenvalue weighted by atomic mass is 9.66. The Balaban J connectivity index is 1.88. The van der Waals surface area contributed by atoms with Gasteiger partial charge in [0.25, 0.3) is 0 Å². The van der Waals surface area contributed by atoms with Gasteiger partial charge < -0.3 is 4.90 Å². The van der Waals surface area contributed by atoms with E-state index < -0.39 is 52.8 Å². The minimum atomic E-state index is -3.58. The predicted molar refractivity (Wildman–Crippen MR) is 178 cm³/mol. The lowest BCUT2D eigenvalue weighted by molar-refractivity contribution is -0.157. The van der Waals surface area contributed by atoms with E-state index in [2.05, 4.69) is 0 Å². The van der Waals surface area contributed by atoms with Gasteiger partial charge in [0.15, 0.2) is 9.84 Å². The van der Waals surface area contributed by atoms with E-state index >= 15 is 0 Å². The molecule has 2 fully saturated rings. The fraction of sp³-hybridized carbons (Fsp3) is 0.576. The summed E-state index contributed by atoms with van der Waals surface area (Å²) in [6.07, 6.45) is 1.37. The highest BCUT2D eigenvalue weighted by atomic mass is 35.5. The minimum absolute atomic E-state index is 0.194. The van der Waals surface area contributed by atoms with Crippen LogP contribution in [0.1, 0.15) is 90.3 Å². The van der Waals surface area contributed by atoms with Crippen molar-refractivity contribution in [2.24, 2.45) is 11.3 Å². The molecule has 1 N–H and O–H groups in total. The molecule has 4 rings (SSSR count). The van der Waals surface area contributed by atoms with E-state index in [1.165, 1.54) is 0 Å². The highest BCUT2D eigenvalue weighted by Gasteiger charge is 2.54. The van der Waals surface area contributed by atoms with Crippen molar-refractivity contribution in [2.45, 2.75) is 95.2 Å². The zero-order chi connectivity index (χ0) is 32.8. The maximum Gasteiger partial charge on any atom is 0.229 e. The van der Waals surface area contributed by atoms with Crippen molar-refractivity contribution >= 4 is 54.5 Å². The first-order valence-corrected chi connectivity index (χ1v) is 19.3. The normalized spacial score (nSPS) is 25.6.